The summed E-state index contributed by atoms with van der Waals surface area (Å²) in [5.41, 5.74) is 2.27. The molecule has 1 unspecified atom stereocenters. The highest BCUT2D eigenvalue weighted by atomic mass is 16.5. The van der Waals surface area contributed by atoms with Crippen LogP contribution in [0.1, 0.15) is 23.0 Å². The molecule has 0 aliphatic rings. The molecule has 0 amide bonds. The number of methoxy groups -OCH3 is 1. The molecule has 0 radical (unpaired) electrons. The molecule has 1 aromatic carbocycles. The number of aryl methyl sites for hydroxylation is 2. The Balaban J connectivity index is 2.26. The van der Waals surface area contributed by atoms with E-state index < -0.39 is 0 Å². The molecule has 0 saturated carbocycles. The minimum Gasteiger partial charge on any atom is -0.496 e. The van der Waals surface area contributed by atoms with Gasteiger partial charge in [-0.3, -0.25) is 0 Å². The number of tetrazole rings is 1. The molecular formula is C13H19N5O. The molecule has 6 nitrogen and oxygen atoms in total. The van der Waals surface area contributed by atoms with Crippen molar-refractivity contribution < 1.29 is 4.74 Å². The highest BCUT2D eigenvalue weighted by Crippen LogP contribution is 2.27. The Labute approximate surface area is 112 Å². The summed E-state index contributed by atoms with van der Waals surface area (Å²) in [7, 11) is 5.36. The molecule has 2 rings (SSSR count). The lowest BCUT2D eigenvalue weighted by atomic mass is 10.0. The quantitative estimate of drug-likeness (QED) is 0.871. The first-order valence-electron chi connectivity index (χ1n) is 6.18. The number of nitrogens with zero attached hydrogens (tertiary/aromatic N) is 4. The lowest BCUT2D eigenvalue weighted by Crippen LogP contribution is -2.20. The van der Waals surface area contributed by atoms with Gasteiger partial charge in [0, 0.05) is 18.0 Å². The van der Waals surface area contributed by atoms with Crippen molar-refractivity contribution in [3.8, 4) is 5.75 Å². The fourth-order valence-electron chi connectivity index (χ4n) is 2.06. The van der Waals surface area contributed by atoms with Crippen molar-refractivity contribution in [2.24, 2.45) is 7.05 Å². The van der Waals surface area contributed by atoms with Crippen molar-refractivity contribution in [2.75, 3.05) is 14.2 Å². The van der Waals surface area contributed by atoms with Gasteiger partial charge in [-0.25, -0.2) is 0 Å². The molecule has 1 heterocycles. The van der Waals surface area contributed by atoms with Gasteiger partial charge in [0.25, 0.3) is 0 Å². The van der Waals surface area contributed by atoms with Crippen molar-refractivity contribution >= 4 is 0 Å². The smallest absolute Gasteiger partial charge is 0.176 e. The Kier molecular flexibility index (Phi) is 4.11. The normalized spacial score (nSPS) is 12.4. The van der Waals surface area contributed by atoms with Gasteiger partial charge in [-0.05, 0) is 30.8 Å². The molecule has 1 aromatic heterocycles. The molecule has 0 fully saturated rings. The van der Waals surface area contributed by atoms with E-state index in [1.807, 2.05) is 20.0 Å². The molecular weight excluding hydrogens is 242 g/mol. The third-order valence-electron chi connectivity index (χ3n) is 3.05. The van der Waals surface area contributed by atoms with Gasteiger partial charge in [0.1, 0.15) is 5.75 Å². The van der Waals surface area contributed by atoms with Gasteiger partial charge in [-0.2, -0.15) is 4.80 Å². The predicted octanol–water partition coefficient (Wildman–Crippen LogP) is 1.03. The monoisotopic (exact) mass is 261 g/mol. The van der Waals surface area contributed by atoms with Gasteiger partial charge < -0.3 is 10.1 Å². The number of likely N-dealkylation sites (N-methyl/N-ethyl adjacent to an activating group) is 1. The molecule has 2 aromatic rings. The van der Waals surface area contributed by atoms with Gasteiger partial charge in [0.15, 0.2) is 5.82 Å². The van der Waals surface area contributed by atoms with Crippen LogP contribution in [0.2, 0.25) is 0 Å². The first-order chi connectivity index (χ1) is 9.13. The molecule has 102 valence electrons. The van der Waals surface area contributed by atoms with E-state index in [2.05, 4.69) is 32.9 Å². The topological polar surface area (TPSA) is 64.9 Å². The van der Waals surface area contributed by atoms with Crippen LogP contribution in [0.15, 0.2) is 18.2 Å². The minimum absolute atomic E-state index is 0.0970. The summed E-state index contributed by atoms with van der Waals surface area (Å²) in [6.07, 6.45) is 0.670. The van der Waals surface area contributed by atoms with Crippen LogP contribution in [0.4, 0.5) is 0 Å². The van der Waals surface area contributed by atoms with Crippen molar-refractivity contribution in [2.45, 2.75) is 19.4 Å². The third-order valence-corrected chi connectivity index (χ3v) is 3.05. The standard InChI is InChI=1S/C13H19N5O/c1-9-5-6-10(12(7-9)19-4)11(14-2)8-13-15-17-18(3)16-13/h5-7,11,14H,8H2,1-4H3. The number of ether oxygens (including phenoxy) is 1. The van der Waals surface area contributed by atoms with Gasteiger partial charge in [-0.1, -0.05) is 12.1 Å². The summed E-state index contributed by atoms with van der Waals surface area (Å²) < 4.78 is 5.45. The molecule has 1 atom stereocenters. The average Bonchev–Trinajstić information content (AvgIpc) is 2.81. The van der Waals surface area contributed by atoms with Crippen molar-refractivity contribution in [3.05, 3.63) is 35.2 Å². The second-order valence-electron chi connectivity index (χ2n) is 4.49. The van der Waals surface area contributed by atoms with Crippen LogP contribution < -0.4 is 10.1 Å². The first-order valence-corrected chi connectivity index (χ1v) is 6.18. The van der Waals surface area contributed by atoms with Gasteiger partial charge in [0.2, 0.25) is 0 Å². The summed E-state index contributed by atoms with van der Waals surface area (Å²) in [5, 5.41) is 15.4. The summed E-state index contributed by atoms with van der Waals surface area (Å²) >= 11 is 0. The molecule has 1 N–H and O–H groups in total. The van der Waals surface area contributed by atoms with Gasteiger partial charge in [0.05, 0.1) is 14.2 Å². The van der Waals surface area contributed by atoms with E-state index in [1.54, 1.807) is 14.2 Å². The summed E-state index contributed by atoms with van der Waals surface area (Å²) in [6, 6.07) is 6.28. The Morgan fingerprint density at radius 1 is 1.42 bits per heavy atom. The molecule has 0 aliphatic heterocycles. The fourth-order valence-corrected chi connectivity index (χ4v) is 2.06. The highest BCUT2D eigenvalue weighted by Gasteiger charge is 2.17. The van der Waals surface area contributed by atoms with Crippen LogP contribution in [0.5, 0.6) is 5.75 Å². The second kappa shape index (κ2) is 5.79. The molecule has 0 spiro atoms. The third kappa shape index (κ3) is 3.08. The van der Waals surface area contributed by atoms with Crippen molar-refractivity contribution in [1.29, 1.82) is 0 Å². The van der Waals surface area contributed by atoms with Crippen LogP contribution in [0.3, 0.4) is 0 Å². The van der Waals surface area contributed by atoms with Gasteiger partial charge in [-0.15, -0.1) is 10.2 Å². The van der Waals surface area contributed by atoms with Crippen LogP contribution in [0.25, 0.3) is 0 Å². The molecule has 6 heteroatoms. The van der Waals surface area contributed by atoms with E-state index in [0.29, 0.717) is 12.2 Å². The van der Waals surface area contributed by atoms with Crippen LogP contribution in [-0.4, -0.2) is 34.4 Å². The van der Waals surface area contributed by atoms with Crippen molar-refractivity contribution in [1.82, 2.24) is 25.5 Å². The maximum Gasteiger partial charge on any atom is 0.176 e. The number of rotatable bonds is 5. The first kappa shape index (κ1) is 13.5. The number of hydrogen-bond donors (Lipinski definition) is 1. The second-order valence-corrected chi connectivity index (χ2v) is 4.49. The van der Waals surface area contributed by atoms with E-state index >= 15 is 0 Å². The van der Waals surface area contributed by atoms with E-state index in [4.69, 9.17) is 4.74 Å². The van der Waals surface area contributed by atoms with E-state index in [1.165, 1.54) is 10.4 Å². The van der Waals surface area contributed by atoms with E-state index in [9.17, 15) is 0 Å². The highest BCUT2D eigenvalue weighted by molar-refractivity contribution is 5.39. The lowest BCUT2D eigenvalue weighted by Gasteiger charge is -2.18. The zero-order valence-electron chi connectivity index (χ0n) is 11.7. The number of benzene rings is 1. The zero-order valence-corrected chi connectivity index (χ0v) is 11.7. The van der Waals surface area contributed by atoms with Crippen molar-refractivity contribution in [3.63, 3.8) is 0 Å². The van der Waals surface area contributed by atoms with Crippen LogP contribution >= 0.6 is 0 Å². The van der Waals surface area contributed by atoms with E-state index in [0.717, 1.165) is 11.3 Å². The SMILES string of the molecule is CNC(Cc1nnn(C)n1)c1ccc(C)cc1OC. The number of aromatic nitrogens is 4. The molecule has 19 heavy (non-hydrogen) atoms. The lowest BCUT2D eigenvalue weighted by molar-refractivity contribution is 0.400. The number of nitrogens with one attached hydrogen (secondary N) is 1. The molecule has 0 aliphatic carbocycles. The van der Waals surface area contributed by atoms with Crippen LogP contribution in [0, 0.1) is 6.92 Å². The predicted molar refractivity (Wildman–Crippen MR) is 72.0 cm³/mol. The number of hydrogen-bond acceptors (Lipinski definition) is 5. The summed E-state index contributed by atoms with van der Waals surface area (Å²) in [5.74, 6) is 1.59. The largest absolute Gasteiger partial charge is 0.496 e. The summed E-state index contributed by atoms with van der Waals surface area (Å²) in [4.78, 5) is 1.47. The molecule has 0 saturated heterocycles. The Hall–Kier alpha value is -1.95. The summed E-state index contributed by atoms with van der Waals surface area (Å²) in [6.45, 7) is 2.05. The maximum atomic E-state index is 5.45. The average molecular weight is 261 g/mol. The fraction of sp³-hybridized carbons (Fsp3) is 0.462. The van der Waals surface area contributed by atoms with Gasteiger partial charge >= 0.3 is 0 Å². The minimum atomic E-state index is 0.0970. The Morgan fingerprint density at radius 2 is 2.21 bits per heavy atom. The van der Waals surface area contributed by atoms with Crippen LogP contribution in [-0.2, 0) is 13.5 Å². The molecule has 0 bridgehead atoms. The van der Waals surface area contributed by atoms with E-state index in [-0.39, 0.29) is 6.04 Å². The Bertz CT molecular complexity index is 552. The zero-order chi connectivity index (χ0) is 13.8. The maximum absolute atomic E-state index is 5.45. The Morgan fingerprint density at radius 3 is 2.79 bits per heavy atom.